The standard InChI is InChI=1S/C11H24N2O/c1-9(2)6-13(10-4-5-10)8-11(3,14)7-12/h9-10,14H,4-8,12H2,1-3H3. The van der Waals surface area contributed by atoms with Crippen LogP contribution >= 0.6 is 0 Å². The molecule has 0 aromatic rings. The minimum absolute atomic E-state index is 0.342. The molecule has 0 bridgehead atoms. The van der Waals surface area contributed by atoms with E-state index in [1.807, 2.05) is 6.92 Å². The maximum absolute atomic E-state index is 9.92. The van der Waals surface area contributed by atoms with Crippen molar-refractivity contribution in [2.45, 2.75) is 45.3 Å². The quantitative estimate of drug-likeness (QED) is 0.667. The van der Waals surface area contributed by atoms with Crippen molar-refractivity contribution in [3.05, 3.63) is 0 Å². The Morgan fingerprint density at radius 2 is 2.07 bits per heavy atom. The molecule has 0 aromatic heterocycles. The van der Waals surface area contributed by atoms with Crippen LogP contribution in [0.3, 0.4) is 0 Å². The Morgan fingerprint density at radius 1 is 1.50 bits per heavy atom. The van der Waals surface area contributed by atoms with Crippen LogP contribution in [0.25, 0.3) is 0 Å². The Kier molecular flexibility index (Phi) is 3.93. The van der Waals surface area contributed by atoms with Gasteiger partial charge in [0.15, 0.2) is 0 Å². The smallest absolute Gasteiger partial charge is 0.0867 e. The van der Waals surface area contributed by atoms with Gasteiger partial charge in [0.25, 0.3) is 0 Å². The normalized spacial score (nSPS) is 21.6. The molecule has 0 aliphatic heterocycles. The predicted molar refractivity (Wildman–Crippen MR) is 59.1 cm³/mol. The molecular weight excluding hydrogens is 176 g/mol. The molecule has 84 valence electrons. The van der Waals surface area contributed by atoms with Crippen LogP contribution in [0, 0.1) is 5.92 Å². The monoisotopic (exact) mass is 200 g/mol. The molecule has 1 aliphatic rings. The molecule has 1 unspecified atom stereocenters. The maximum atomic E-state index is 9.92. The molecule has 1 atom stereocenters. The van der Waals surface area contributed by atoms with E-state index in [0.717, 1.165) is 6.54 Å². The zero-order chi connectivity index (χ0) is 10.8. The van der Waals surface area contributed by atoms with Gasteiger partial charge in [-0.15, -0.1) is 0 Å². The fourth-order valence-corrected chi connectivity index (χ4v) is 1.75. The third kappa shape index (κ3) is 3.95. The van der Waals surface area contributed by atoms with Crippen molar-refractivity contribution in [1.82, 2.24) is 4.90 Å². The highest BCUT2D eigenvalue weighted by atomic mass is 16.3. The van der Waals surface area contributed by atoms with E-state index in [2.05, 4.69) is 18.7 Å². The molecule has 3 N–H and O–H groups in total. The molecule has 3 heteroatoms. The van der Waals surface area contributed by atoms with E-state index in [1.54, 1.807) is 0 Å². The minimum Gasteiger partial charge on any atom is -0.388 e. The van der Waals surface area contributed by atoms with Gasteiger partial charge in [0.2, 0.25) is 0 Å². The molecule has 0 spiro atoms. The van der Waals surface area contributed by atoms with Crippen LogP contribution in [0.1, 0.15) is 33.6 Å². The fraction of sp³-hybridized carbons (Fsp3) is 1.00. The van der Waals surface area contributed by atoms with E-state index in [0.29, 0.717) is 25.0 Å². The van der Waals surface area contributed by atoms with Crippen LogP contribution in [0.4, 0.5) is 0 Å². The summed E-state index contributed by atoms with van der Waals surface area (Å²) in [6.45, 7) is 8.38. The molecule has 1 saturated carbocycles. The zero-order valence-electron chi connectivity index (χ0n) is 9.66. The van der Waals surface area contributed by atoms with E-state index in [9.17, 15) is 5.11 Å². The van der Waals surface area contributed by atoms with E-state index < -0.39 is 5.60 Å². The third-order valence-electron chi connectivity index (χ3n) is 2.65. The largest absolute Gasteiger partial charge is 0.388 e. The minimum atomic E-state index is -0.725. The van der Waals surface area contributed by atoms with Gasteiger partial charge in [-0.1, -0.05) is 13.8 Å². The first kappa shape index (κ1) is 12.0. The maximum Gasteiger partial charge on any atom is 0.0867 e. The van der Waals surface area contributed by atoms with Gasteiger partial charge < -0.3 is 10.8 Å². The number of hydrogen-bond acceptors (Lipinski definition) is 3. The van der Waals surface area contributed by atoms with Crippen molar-refractivity contribution in [3.63, 3.8) is 0 Å². The van der Waals surface area contributed by atoms with Gasteiger partial charge in [0.05, 0.1) is 5.60 Å². The molecular formula is C11H24N2O. The first-order chi connectivity index (χ1) is 6.44. The van der Waals surface area contributed by atoms with E-state index in [-0.39, 0.29) is 0 Å². The summed E-state index contributed by atoms with van der Waals surface area (Å²) in [5.41, 5.74) is 4.80. The Morgan fingerprint density at radius 3 is 2.43 bits per heavy atom. The molecule has 0 heterocycles. The Bertz CT molecular complexity index is 176. The number of rotatable bonds is 6. The van der Waals surface area contributed by atoms with E-state index in [4.69, 9.17) is 5.73 Å². The zero-order valence-corrected chi connectivity index (χ0v) is 9.66. The van der Waals surface area contributed by atoms with E-state index in [1.165, 1.54) is 12.8 Å². The van der Waals surface area contributed by atoms with Crippen LogP contribution < -0.4 is 5.73 Å². The summed E-state index contributed by atoms with van der Waals surface area (Å²) in [4.78, 5) is 2.39. The molecule has 14 heavy (non-hydrogen) atoms. The first-order valence-corrected chi connectivity index (χ1v) is 5.61. The molecule has 3 nitrogen and oxygen atoms in total. The average molecular weight is 200 g/mol. The van der Waals surface area contributed by atoms with Crippen LogP contribution in [0.5, 0.6) is 0 Å². The van der Waals surface area contributed by atoms with Gasteiger partial charge in [-0.2, -0.15) is 0 Å². The molecule has 0 radical (unpaired) electrons. The summed E-state index contributed by atoms with van der Waals surface area (Å²) in [6.07, 6.45) is 2.57. The summed E-state index contributed by atoms with van der Waals surface area (Å²) >= 11 is 0. The Labute approximate surface area is 87.3 Å². The van der Waals surface area contributed by atoms with Gasteiger partial charge >= 0.3 is 0 Å². The van der Waals surface area contributed by atoms with Crippen LogP contribution in [-0.4, -0.2) is 41.3 Å². The number of nitrogens with zero attached hydrogens (tertiary/aromatic N) is 1. The van der Waals surface area contributed by atoms with Gasteiger partial charge in [0, 0.05) is 25.7 Å². The topological polar surface area (TPSA) is 49.5 Å². The number of hydrogen-bond donors (Lipinski definition) is 2. The second-order valence-corrected chi connectivity index (χ2v) is 5.26. The first-order valence-electron chi connectivity index (χ1n) is 5.61. The SMILES string of the molecule is CC(C)CN(CC(C)(O)CN)C1CC1. The summed E-state index contributed by atoms with van der Waals surface area (Å²) in [5.74, 6) is 0.657. The van der Waals surface area contributed by atoms with Gasteiger partial charge in [-0.3, -0.25) is 4.90 Å². The lowest BCUT2D eigenvalue weighted by molar-refractivity contribution is 0.0211. The summed E-state index contributed by atoms with van der Waals surface area (Å²) < 4.78 is 0. The average Bonchev–Trinajstić information content (AvgIpc) is 2.84. The van der Waals surface area contributed by atoms with Gasteiger partial charge in [-0.05, 0) is 25.7 Å². The van der Waals surface area contributed by atoms with Crippen molar-refractivity contribution >= 4 is 0 Å². The highest BCUT2D eigenvalue weighted by Crippen LogP contribution is 2.28. The van der Waals surface area contributed by atoms with Crippen molar-refractivity contribution in [2.75, 3.05) is 19.6 Å². The second-order valence-electron chi connectivity index (χ2n) is 5.26. The van der Waals surface area contributed by atoms with Gasteiger partial charge in [-0.25, -0.2) is 0 Å². The molecule has 0 saturated heterocycles. The van der Waals surface area contributed by atoms with Gasteiger partial charge in [0.1, 0.15) is 0 Å². The van der Waals surface area contributed by atoms with Crippen LogP contribution in [-0.2, 0) is 0 Å². The Balaban J connectivity index is 2.42. The highest BCUT2D eigenvalue weighted by molar-refractivity contribution is 4.89. The third-order valence-corrected chi connectivity index (χ3v) is 2.65. The Hall–Kier alpha value is -0.120. The summed E-state index contributed by atoms with van der Waals surface area (Å²) in [7, 11) is 0. The fourth-order valence-electron chi connectivity index (χ4n) is 1.75. The molecule has 1 fully saturated rings. The van der Waals surface area contributed by atoms with Crippen molar-refractivity contribution in [3.8, 4) is 0 Å². The summed E-state index contributed by atoms with van der Waals surface area (Å²) in [6, 6.07) is 0.704. The molecule has 1 aliphatic carbocycles. The lowest BCUT2D eigenvalue weighted by atomic mass is 10.1. The van der Waals surface area contributed by atoms with Crippen molar-refractivity contribution in [2.24, 2.45) is 11.7 Å². The van der Waals surface area contributed by atoms with E-state index >= 15 is 0 Å². The lowest BCUT2D eigenvalue weighted by Crippen LogP contribution is -2.47. The predicted octanol–water partition coefficient (Wildman–Crippen LogP) is 0.817. The highest BCUT2D eigenvalue weighted by Gasteiger charge is 2.33. The van der Waals surface area contributed by atoms with Crippen LogP contribution in [0.15, 0.2) is 0 Å². The molecule has 1 rings (SSSR count). The summed E-state index contributed by atoms with van der Waals surface area (Å²) in [5, 5.41) is 9.92. The van der Waals surface area contributed by atoms with Crippen molar-refractivity contribution < 1.29 is 5.11 Å². The second kappa shape index (κ2) is 4.60. The van der Waals surface area contributed by atoms with Crippen LogP contribution in [0.2, 0.25) is 0 Å². The number of nitrogens with two attached hydrogens (primary N) is 1. The lowest BCUT2D eigenvalue weighted by Gasteiger charge is -2.31. The molecule has 0 aromatic carbocycles. The molecule has 0 amide bonds. The number of aliphatic hydroxyl groups is 1. The van der Waals surface area contributed by atoms with Crippen molar-refractivity contribution in [1.29, 1.82) is 0 Å².